The van der Waals surface area contributed by atoms with Crippen LogP contribution in [0.25, 0.3) is 0 Å². The van der Waals surface area contributed by atoms with Crippen molar-refractivity contribution in [3.63, 3.8) is 0 Å². The van der Waals surface area contributed by atoms with E-state index in [1.54, 1.807) is 7.11 Å². The van der Waals surface area contributed by atoms with Gasteiger partial charge < -0.3 is 10.5 Å². The third kappa shape index (κ3) is 2.42. The van der Waals surface area contributed by atoms with E-state index in [1.165, 1.54) is 31.5 Å². The lowest BCUT2D eigenvalue weighted by molar-refractivity contribution is 0.321. The van der Waals surface area contributed by atoms with Gasteiger partial charge >= 0.3 is 0 Å². The van der Waals surface area contributed by atoms with E-state index in [0.29, 0.717) is 0 Å². The molecule has 2 N–H and O–H groups in total. The maximum absolute atomic E-state index is 5.78. The van der Waals surface area contributed by atoms with E-state index >= 15 is 0 Å². The Labute approximate surface area is 90.8 Å². The minimum atomic E-state index is 0.810. The average Bonchev–Trinajstić information content (AvgIpc) is 2.71. The Morgan fingerprint density at radius 2 is 2.07 bits per heavy atom. The number of benzene rings is 1. The van der Waals surface area contributed by atoms with Crippen molar-refractivity contribution in [3.8, 4) is 5.75 Å². The van der Waals surface area contributed by atoms with Crippen LogP contribution in [0, 0.1) is 0 Å². The van der Waals surface area contributed by atoms with Crippen LogP contribution in [-0.2, 0) is 6.54 Å². The van der Waals surface area contributed by atoms with Gasteiger partial charge in [0.05, 0.1) is 7.11 Å². The fraction of sp³-hybridized carbons (Fsp3) is 0.500. The summed E-state index contributed by atoms with van der Waals surface area (Å²) in [6, 6.07) is 5.84. The highest BCUT2D eigenvalue weighted by atomic mass is 16.5. The molecule has 1 aliphatic heterocycles. The Hall–Kier alpha value is -1.22. The largest absolute Gasteiger partial charge is 0.496 e. The summed E-state index contributed by atoms with van der Waals surface area (Å²) in [6.07, 6.45) is 2.62. The molecule has 0 bridgehead atoms. The van der Waals surface area contributed by atoms with Crippen LogP contribution >= 0.6 is 0 Å². The zero-order chi connectivity index (χ0) is 10.7. The molecule has 15 heavy (non-hydrogen) atoms. The molecule has 0 unspecified atom stereocenters. The van der Waals surface area contributed by atoms with Crippen LogP contribution in [0.1, 0.15) is 18.4 Å². The highest BCUT2D eigenvalue weighted by Crippen LogP contribution is 2.24. The molecule has 0 saturated carbocycles. The van der Waals surface area contributed by atoms with Gasteiger partial charge in [0.1, 0.15) is 5.75 Å². The van der Waals surface area contributed by atoms with E-state index in [-0.39, 0.29) is 0 Å². The van der Waals surface area contributed by atoms with E-state index in [1.807, 2.05) is 18.2 Å². The van der Waals surface area contributed by atoms with Gasteiger partial charge in [-0.2, -0.15) is 0 Å². The maximum Gasteiger partial charge on any atom is 0.123 e. The first-order valence-corrected chi connectivity index (χ1v) is 5.44. The molecular formula is C12H18N2O. The quantitative estimate of drug-likeness (QED) is 0.767. The van der Waals surface area contributed by atoms with Crippen molar-refractivity contribution in [2.45, 2.75) is 19.4 Å². The number of nitrogens with zero attached hydrogens (tertiary/aromatic N) is 1. The van der Waals surface area contributed by atoms with Crippen molar-refractivity contribution < 1.29 is 4.74 Å². The van der Waals surface area contributed by atoms with Gasteiger partial charge in [-0.1, -0.05) is 0 Å². The van der Waals surface area contributed by atoms with E-state index in [4.69, 9.17) is 10.5 Å². The SMILES string of the molecule is COc1ccc(N)cc1CN1CCCC1. The summed E-state index contributed by atoms with van der Waals surface area (Å²) in [7, 11) is 1.71. The van der Waals surface area contributed by atoms with Gasteiger partial charge in [-0.3, -0.25) is 4.90 Å². The number of ether oxygens (including phenoxy) is 1. The van der Waals surface area contributed by atoms with Crippen molar-refractivity contribution in [1.82, 2.24) is 4.90 Å². The molecule has 1 aromatic rings. The zero-order valence-corrected chi connectivity index (χ0v) is 9.20. The van der Waals surface area contributed by atoms with Gasteiger partial charge in [-0.05, 0) is 44.1 Å². The van der Waals surface area contributed by atoms with E-state index < -0.39 is 0 Å². The minimum Gasteiger partial charge on any atom is -0.496 e. The number of likely N-dealkylation sites (tertiary alicyclic amines) is 1. The third-order valence-corrected chi connectivity index (χ3v) is 2.90. The summed E-state index contributed by atoms with van der Waals surface area (Å²) < 4.78 is 5.33. The van der Waals surface area contributed by atoms with Crippen LogP contribution in [0.5, 0.6) is 5.75 Å². The molecule has 0 aromatic heterocycles. The molecule has 0 spiro atoms. The monoisotopic (exact) mass is 206 g/mol. The molecule has 1 fully saturated rings. The molecule has 1 saturated heterocycles. The predicted molar refractivity (Wildman–Crippen MR) is 61.9 cm³/mol. The summed E-state index contributed by atoms with van der Waals surface area (Å²) in [5.74, 6) is 0.941. The Morgan fingerprint density at radius 3 is 2.73 bits per heavy atom. The Kier molecular flexibility index (Phi) is 3.11. The highest BCUT2D eigenvalue weighted by molar-refractivity contribution is 5.47. The number of methoxy groups -OCH3 is 1. The number of nitrogen functional groups attached to an aromatic ring is 1. The fourth-order valence-corrected chi connectivity index (χ4v) is 2.10. The summed E-state index contributed by atoms with van der Waals surface area (Å²) in [5, 5.41) is 0. The minimum absolute atomic E-state index is 0.810. The number of hydrogen-bond acceptors (Lipinski definition) is 3. The van der Waals surface area contributed by atoms with Crippen molar-refractivity contribution >= 4 is 5.69 Å². The van der Waals surface area contributed by atoms with Gasteiger partial charge in [0.25, 0.3) is 0 Å². The summed E-state index contributed by atoms with van der Waals surface area (Å²) in [6.45, 7) is 3.34. The molecule has 3 heteroatoms. The lowest BCUT2D eigenvalue weighted by atomic mass is 10.1. The van der Waals surface area contributed by atoms with Crippen LogP contribution in [0.3, 0.4) is 0 Å². The molecule has 0 aliphatic carbocycles. The van der Waals surface area contributed by atoms with Crippen molar-refractivity contribution in [3.05, 3.63) is 23.8 Å². The first-order chi connectivity index (χ1) is 7.29. The lowest BCUT2D eigenvalue weighted by Gasteiger charge is -2.17. The Bertz CT molecular complexity index is 332. The van der Waals surface area contributed by atoms with Gasteiger partial charge in [-0.15, -0.1) is 0 Å². The molecule has 2 rings (SSSR count). The first-order valence-electron chi connectivity index (χ1n) is 5.44. The average molecular weight is 206 g/mol. The second kappa shape index (κ2) is 4.53. The fourth-order valence-electron chi connectivity index (χ4n) is 2.10. The zero-order valence-electron chi connectivity index (χ0n) is 9.20. The number of anilines is 1. The van der Waals surface area contributed by atoms with Crippen molar-refractivity contribution in [1.29, 1.82) is 0 Å². The van der Waals surface area contributed by atoms with Gasteiger partial charge in [0, 0.05) is 17.8 Å². The van der Waals surface area contributed by atoms with Crippen LogP contribution in [0.2, 0.25) is 0 Å². The van der Waals surface area contributed by atoms with E-state index in [0.717, 1.165) is 18.0 Å². The van der Waals surface area contributed by atoms with E-state index in [9.17, 15) is 0 Å². The smallest absolute Gasteiger partial charge is 0.123 e. The molecular weight excluding hydrogens is 188 g/mol. The molecule has 1 aliphatic rings. The normalized spacial score (nSPS) is 16.9. The Morgan fingerprint density at radius 1 is 1.33 bits per heavy atom. The lowest BCUT2D eigenvalue weighted by Crippen LogP contribution is -2.18. The molecule has 0 atom stereocenters. The Balaban J connectivity index is 2.14. The summed E-state index contributed by atoms with van der Waals surface area (Å²) >= 11 is 0. The summed E-state index contributed by atoms with van der Waals surface area (Å²) in [4.78, 5) is 2.44. The number of rotatable bonds is 3. The number of nitrogens with two attached hydrogens (primary N) is 1. The maximum atomic E-state index is 5.78. The molecule has 0 amide bonds. The van der Waals surface area contributed by atoms with Crippen LogP contribution in [0.15, 0.2) is 18.2 Å². The summed E-state index contributed by atoms with van der Waals surface area (Å²) in [5.41, 5.74) is 7.79. The number of hydrogen-bond donors (Lipinski definition) is 1. The standard InChI is InChI=1S/C12H18N2O/c1-15-12-5-4-11(13)8-10(12)9-14-6-2-3-7-14/h4-5,8H,2-3,6-7,9,13H2,1H3. The molecule has 0 radical (unpaired) electrons. The molecule has 3 nitrogen and oxygen atoms in total. The van der Waals surface area contributed by atoms with Crippen LogP contribution in [0.4, 0.5) is 5.69 Å². The van der Waals surface area contributed by atoms with Crippen molar-refractivity contribution in [2.24, 2.45) is 0 Å². The molecule has 1 aromatic carbocycles. The van der Waals surface area contributed by atoms with Crippen LogP contribution in [-0.4, -0.2) is 25.1 Å². The third-order valence-electron chi connectivity index (χ3n) is 2.90. The van der Waals surface area contributed by atoms with E-state index in [2.05, 4.69) is 4.90 Å². The van der Waals surface area contributed by atoms with Crippen LogP contribution < -0.4 is 10.5 Å². The van der Waals surface area contributed by atoms with Crippen molar-refractivity contribution in [2.75, 3.05) is 25.9 Å². The molecule has 82 valence electrons. The first kappa shape index (κ1) is 10.3. The molecule has 1 heterocycles. The van der Waals surface area contributed by atoms with Gasteiger partial charge in [0.15, 0.2) is 0 Å². The second-order valence-electron chi connectivity index (χ2n) is 4.05. The highest BCUT2D eigenvalue weighted by Gasteiger charge is 2.14. The van der Waals surface area contributed by atoms with Gasteiger partial charge in [-0.25, -0.2) is 0 Å². The van der Waals surface area contributed by atoms with Gasteiger partial charge in [0.2, 0.25) is 0 Å². The second-order valence-corrected chi connectivity index (χ2v) is 4.05. The topological polar surface area (TPSA) is 38.5 Å². The predicted octanol–water partition coefficient (Wildman–Crippen LogP) is 1.87.